The number of nitriles is 1. The maximum absolute atomic E-state index is 11.7. The molecule has 1 atom stereocenters. The molecule has 0 aliphatic carbocycles. The molecule has 0 N–H and O–H groups in total. The van der Waals surface area contributed by atoms with Crippen LogP contribution in [0.15, 0.2) is 36.4 Å². The molecule has 4 heteroatoms. The molecule has 0 aromatic heterocycles. The molecule has 0 amide bonds. The summed E-state index contributed by atoms with van der Waals surface area (Å²) < 4.78 is 10.1. The molecule has 0 radical (unpaired) electrons. The topological polar surface area (TPSA) is 59.3 Å². The summed E-state index contributed by atoms with van der Waals surface area (Å²) in [7, 11) is 1.61. The summed E-state index contributed by atoms with van der Waals surface area (Å²) in [5, 5.41) is 11.1. The number of carbonyl (C=O) groups is 1. The van der Waals surface area contributed by atoms with Gasteiger partial charge in [-0.15, -0.1) is 0 Å². The summed E-state index contributed by atoms with van der Waals surface area (Å²) >= 11 is 0. The Morgan fingerprint density at radius 1 is 1.25 bits per heavy atom. The highest BCUT2D eigenvalue weighted by molar-refractivity contribution is 5.88. The highest BCUT2D eigenvalue weighted by atomic mass is 16.5. The summed E-state index contributed by atoms with van der Waals surface area (Å²) in [4.78, 5) is 11.7. The number of methoxy groups -OCH3 is 1. The van der Waals surface area contributed by atoms with Gasteiger partial charge in [0.1, 0.15) is 5.75 Å². The second-order valence-electron chi connectivity index (χ2n) is 4.29. The van der Waals surface area contributed by atoms with Crippen LogP contribution in [-0.2, 0) is 9.53 Å². The van der Waals surface area contributed by atoms with Gasteiger partial charge in [-0.3, -0.25) is 4.79 Å². The van der Waals surface area contributed by atoms with Gasteiger partial charge in [0, 0.05) is 0 Å². The van der Waals surface area contributed by atoms with Crippen LogP contribution in [0, 0.1) is 11.3 Å². The van der Waals surface area contributed by atoms with E-state index < -0.39 is 11.9 Å². The van der Waals surface area contributed by atoms with Crippen LogP contribution >= 0.6 is 0 Å². The molecule has 2 rings (SSSR count). The zero-order valence-corrected chi connectivity index (χ0v) is 11.4. The minimum absolute atomic E-state index is 0.266. The molecule has 0 aliphatic rings. The van der Waals surface area contributed by atoms with Crippen molar-refractivity contribution in [2.45, 2.75) is 12.8 Å². The minimum atomic E-state index is -0.888. The number of benzene rings is 2. The van der Waals surface area contributed by atoms with E-state index in [1.165, 1.54) is 0 Å². The number of hydrogen-bond acceptors (Lipinski definition) is 4. The van der Waals surface area contributed by atoms with Crippen LogP contribution in [0.4, 0.5) is 0 Å². The van der Waals surface area contributed by atoms with E-state index in [2.05, 4.69) is 0 Å². The fourth-order valence-corrected chi connectivity index (χ4v) is 2.04. The van der Waals surface area contributed by atoms with Crippen molar-refractivity contribution in [3.05, 3.63) is 42.0 Å². The van der Waals surface area contributed by atoms with Crippen molar-refractivity contribution in [2.75, 3.05) is 13.7 Å². The van der Waals surface area contributed by atoms with E-state index in [1.54, 1.807) is 20.1 Å². The van der Waals surface area contributed by atoms with Gasteiger partial charge in [-0.2, -0.15) is 5.26 Å². The predicted octanol–water partition coefficient (Wildman–Crippen LogP) is 3.02. The normalized spacial score (nSPS) is 11.7. The van der Waals surface area contributed by atoms with Crippen LogP contribution in [0.5, 0.6) is 5.75 Å². The first-order valence-electron chi connectivity index (χ1n) is 6.33. The molecule has 2 aromatic carbocycles. The number of nitrogens with zero attached hydrogens (tertiary/aromatic N) is 1. The maximum atomic E-state index is 11.7. The van der Waals surface area contributed by atoms with Gasteiger partial charge in [0.15, 0.2) is 5.92 Å². The lowest BCUT2D eigenvalue weighted by Gasteiger charge is -2.10. The Morgan fingerprint density at radius 3 is 2.60 bits per heavy atom. The van der Waals surface area contributed by atoms with E-state index >= 15 is 0 Å². The van der Waals surface area contributed by atoms with E-state index in [4.69, 9.17) is 14.7 Å². The highest BCUT2D eigenvalue weighted by Gasteiger charge is 2.21. The number of ether oxygens (including phenoxy) is 2. The molecular formula is C16H15NO3. The lowest BCUT2D eigenvalue weighted by molar-refractivity contribution is -0.143. The first-order valence-corrected chi connectivity index (χ1v) is 6.33. The van der Waals surface area contributed by atoms with Crippen molar-refractivity contribution >= 4 is 16.7 Å². The maximum Gasteiger partial charge on any atom is 0.327 e. The molecule has 102 valence electrons. The second-order valence-corrected chi connectivity index (χ2v) is 4.29. The number of rotatable bonds is 4. The van der Waals surface area contributed by atoms with Gasteiger partial charge in [-0.25, -0.2) is 0 Å². The molecule has 0 heterocycles. The lowest BCUT2D eigenvalue weighted by Crippen LogP contribution is -2.14. The first-order chi connectivity index (χ1) is 9.69. The number of hydrogen-bond donors (Lipinski definition) is 0. The van der Waals surface area contributed by atoms with Gasteiger partial charge in [0.2, 0.25) is 0 Å². The molecule has 0 aliphatic heterocycles. The van der Waals surface area contributed by atoms with Crippen molar-refractivity contribution < 1.29 is 14.3 Å². The smallest absolute Gasteiger partial charge is 0.327 e. The Bertz CT molecular complexity index is 673. The molecule has 0 bridgehead atoms. The monoisotopic (exact) mass is 269 g/mol. The second kappa shape index (κ2) is 6.07. The molecule has 0 saturated carbocycles. The van der Waals surface area contributed by atoms with Gasteiger partial charge in [-0.1, -0.05) is 18.2 Å². The lowest BCUT2D eigenvalue weighted by atomic mass is 9.97. The van der Waals surface area contributed by atoms with E-state index in [9.17, 15) is 4.79 Å². The van der Waals surface area contributed by atoms with Gasteiger partial charge >= 0.3 is 5.97 Å². The zero-order valence-electron chi connectivity index (χ0n) is 11.4. The van der Waals surface area contributed by atoms with Crippen LogP contribution < -0.4 is 4.74 Å². The average Bonchev–Trinajstić information content (AvgIpc) is 2.47. The average molecular weight is 269 g/mol. The van der Waals surface area contributed by atoms with E-state index in [0.29, 0.717) is 5.56 Å². The Balaban J connectivity index is 2.40. The number of carbonyl (C=O) groups excluding carboxylic acids is 1. The predicted molar refractivity (Wildman–Crippen MR) is 75.5 cm³/mol. The van der Waals surface area contributed by atoms with E-state index in [0.717, 1.165) is 16.5 Å². The van der Waals surface area contributed by atoms with E-state index in [1.807, 2.05) is 36.4 Å². The Labute approximate surface area is 117 Å². The molecule has 1 unspecified atom stereocenters. The SMILES string of the molecule is CCOC(=O)C(C#N)c1ccc2cc(OC)ccc2c1. The molecule has 0 fully saturated rings. The fraction of sp³-hybridized carbons (Fsp3) is 0.250. The number of esters is 1. The van der Waals surface area contributed by atoms with Gasteiger partial charge in [0.25, 0.3) is 0 Å². The quantitative estimate of drug-likeness (QED) is 0.800. The minimum Gasteiger partial charge on any atom is -0.497 e. The molecular weight excluding hydrogens is 254 g/mol. The third-order valence-corrected chi connectivity index (χ3v) is 3.06. The van der Waals surface area contributed by atoms with Crippen molar-refractivity contribution in [2.24, 2.45) is 0 Å². The van der Waals surface area contributed by atoms with Gasteiger partial charge < -0.3 is 9.47 Å². The summed E-state index contributed by atoms with van der Waals surface area (Å²) in [6.45, 7) is 1.99. The van der Waals surface area contributed by atoms with Crippen LogP contribution in [0.3, 0.4) is 0 Å². The van der Waals surface area contributed by atoms with Crippen molar-refractivity contribution in [3.63, 3.8) is 0 Å². The Hall–Kier alpha value is -2.54. The summed E-state index contributed by atoms with van der Waals surface area (Å²) in [6, 6.07) is 13.1. The first kappa shape index (κ1) is 13.9. The van der Waals surface area contributed by atoms with Crippen LogP contribution in [0.25, 0.3) is 10.8 Å². The van der Waals surface area contributed by atoms with Crippen molar-refractivity contribution in [1.29, 1.82) is 5.26 Å². The van der Waals surface area contributed by atoms with Crippen molar-refractivity contribution in [3.8, 4) is 11.8 Å². The summed E-state index contributed by atoms with van der Waals surface area (Å²) in [6.07, 6.45) is 0. The van der Waals surface area contributed by atoms with Gasteiger partial charge in [-0.05, 0) is 41.5 Å². The van der Waals surface area contributed by atoms with Crippen LogP contribution in [0.2, 0.25) is 0 Å². The van der Waals surface area contributed by atoms with Crippen molar-refractivity contribution in [1.82, 2.24) is 0 Å². The largest absolute Gasteiger partial charge is 0.497 e. The highest BCUT2D eigenvalue weighted by Crippen LogP contribution is 2.25. The molecule has 20 heavy (non-hydrogen) atoms. The van der Waals surface area contributed by atoms with Crippen LogP contribution in [-0.4, -0.2) is 19.7 Å². The third-order valence-electron chi connectivity index (χ3n) is 3.06. The summed E-state index contributed by atoms with van der Waals surface area (Å²) in [5.74, 6) is -0.628. The van der Waals surface area contributed by atoms with Gasteiger partial charge in [0.05, 0.1) is 19.8 Å². The molecule has 2 aromatic rings. The molecule has 0 spiro atoms. The Morgan fingerprint density at radius 2 is 1.95 bits per heavy atom. The molecule has 0 saturated heterocycles. The fourth-order valence-electron chi connectivity index (χ4n) is 2.04. The zero-order chi connectivity index (χ0) is 14.5. The number of fused-ring (bicyclic) bond motifs is 1. The Kier molecular flexibility index (Phi) is 4.21. The molecule has 4 nitrogen and oxygen atoms in total. The third kappa shape index (κ3) is 2.72. The van der Waals surface area contributed by atoms with Crippen LogP contribution in [0.1, 0.15) is 18.4 Å². The standard InChI is InChI=1S/C16H15NO3/c1-3-20-16(18)15(10-17)13-5-4-12-9-14(19-2)7-6-11(12)8-13/h4-9,15H,3H2,1-2H3. The summed E-state index contributed by atoms with van der Waals surface area (Å²) in [5.41, 5.74) is 0.642. The van der Waals surface area contributed by atoms with E-state index in [-0.39, 0.29) is 6.61 Å².